The van der Waals surface area contributed by atoms with Gasteiger partial charge in [-0.2, -0.15) is 0 Å². The van der Waals surface area contributed by atoms with Gasteiger partial charge in [-0.25, -0.2) is 4.79 Å². The molecule has 1 atom stereocenters. The van der Waals surface area contributed by atoms with Crippen LogP contribution in [0.25, 0.3) is 0 Å². The zero-order chi connectivity index (χ0) is 22.1. The zero-order valence-corrected chi connectivity index (χ0v) is 16.9. The molecule has 0 saturated carbocycles. The maximum Gasteiger partial charge on any atom is 0.319 e. The third kappa shape index (κ3) is 4.13. The molecule has 1 unspecified atom stereocenters. The maximum absolute atomic E-state index is 12.8. The average Bonchev–Trinajstić information content (AvgIpc) is 2.98. The van der Waals surface area contributed by atoms with Crippen LogP contribution in [0.15, 0.2) is 42.5 Å². The van der Waals surface area contributed by atoms with Gasteiger partial charge in [-0.05, 0) is 48.4 Å². The Balaban J connectivity index is 1.43. The van der Waals surface area contributed by atoms with E-state index in [2.05, 4.69) is 16.0 Å². The number of halogens is 1. The molecule has 3 N–H and O–H groups in total. The molecule has 31 heavy (non-hydrogen) atoms. The van der Waals surface area contributed by atoms with Crippen molar-refractivity contribution in [1.29, 1.82) is 0 Å². The van der Waals surface area contributed by atoms with Gasteiger partial charge in [0.05, 0.1) is 11.1 Å². The van der Waals surface area contributed by atoms with Crippen LogP contribution in [0.3, 0.4) is 0 Å². The summed E-state index contributed by atoms with van der Waals surface area (Å²) in [6.07, 6.45) is 0.150. The molecule has 1 saturated heterocycles. The number of carbonyl (C=O) groups excluding carboxylic acids is 5. The van der Waals surface area contributed by atoms with Crippen LogP contribution in [0, 0.1) is 0 Å². The van der Waals surface area contributed by atoms with Gasteiger partial charge in [0.1, 0.15) is 6.04 Å². The van der Waals surface area contributed by atoms with Crippen molar-refractivity contribution in [2.24, 2.45) is 0 Å². The Kier molecular flexibility index (Phi) is 5.43. The van der Waals surface area contributed by atoms with E-state index in [4.69, 9.17) is 11.6 Å². The molecule has 0 bridgehead atoms. The van der Waals surface area contributed by atoms with Crippen LogP contribution in [0.2, 0.25) is 5.02 Å². The smallest absolute Gasteiger partial charge is 0.319 e. The van der Waals surface area contributed by atoms with Gasteiger partial charge in [-0.15, -0.1) is 0 Å². The molecular formula is C21H17ClN4O5. The fraction of sp³-hybridized carbons (Fsp3) is 0.190. The van der Waals surface area contributed by atoms with Crippen LogP contribution in [-0.4, -0.2) is 40.6 Å². The van der Waals surface area contributed by atoms with Crippen molar-refractivity contribution >= 4 is 46.9 Å². The minimum absolute atomic E-state index is 0.0573. The lowest BCUT2D eigenvalue weighted by Crippen LogP contribution is -2.54. The van der Waals surface area contributed by atoms with Crippen LogP contribution in [-0.2, 0) is 16.1 Å². The van der Waals surface area contributed by atoms with Crippen molar-refractivity contribution in [3.8, 4) is 0 Å². The van der Waals surface area contributed by atoms with E-state index >= 15 is 0 Å². The minimum atomic E-state index is -1.02. The lowest BCUT2D eigenvalue weighted by atomic mass is 10.0. The lowest BCUT2D eigenvalue weighted by Gasteiger charge is -2.27. The Labute approximate surface area is 181 Å². The molecule has 9 nitrogen and oxygen atoms in total. The number of hydrogen-bond donors (Lipinski definition) is 3. The third-order valence-corrected chi connectivity index (χ3v) is 5.31. The van der Waals surface area contributed by atoms with Gasteiger partial charge >= 0.3 is 6.03 Å². The molecule has 2 heterocycles. The van der Waals surface area contributed by atoms with E-state index in [-0.39, 0.29) is 30.5 Å². The third-order valence-electron chi connectivity index (χ3n) is 5.06. The Morgan fingerprint density at radius 1 is 1.03 bits per heavy atom. The molecule has 1 fully saturated rings. The topological polar surface area (TPSA) is 125 Å². The minimum Gasteiger partial charge on any atom is -0.334 e. The molecule has 4 rings (SSSR count). The van der Waals surface area contributed by atoms with Crippen LogP contribution in [0.4, 0.5) is 10.5 Å². The van der Waals surface area contributed by atoms with E-state index in [1.165, 1.54) is 12.1 Å². The number of anilines is 1. The van der Waals surface area contributed by atoms with Crippen molar-refractivity contribution in [3.63, 3.8) is 0 Å². The van der Waals surface area contributed by atoms with E-state index in [0.29, 0.717) is 16.3 Å². The number of nitrogens with one attached hydrogen (secondary N) is 3. The number of carbonyl (C=O) groups is 5. The van der Waals surface area contributed by atoms with E-state index in [1.807, 2.05) is 0 Å². The van der Waals surface area contributed by atoms with Crippen LogP contribution in [0.5, 0.6) is 0 Å². The number of amides is 6. The Morgan fingerprint density at radius 3 is 2.45 bits per heavy atom. The van der Waals surface area contributed by atoms with Gasteiger partial charge in [0.2, 0.25) is 11.8 Å². The van der Waals surface area contributed by atoms with Gasteiger partial charge in [0.25, 0.3) is 11.8 Å². The molecule has 0 spiro atoms. The predicted molar refractivity (Wildman–Crippen MR) is 110 cm³/mol. The number of fused-ring (bicyclic) bond motifs is 1. The Morgan fingerprint density at radius 2 is 1.74 bits per heavy atom. The molecule has 2 aromatic rings. The first-order chi connectivity index (χ1) is 14.8. The Hall–Kier alpha value is -3.72. The van der Waals surface area contributed by atoms with Gasteiger partial charge < -0.3 is 10.6 Å². The second-order valence-corrected chi connectivity index (χ2v) is 7.58. The average molecular weight is 441 g/mol. The Bertz CT molecular complexity index is 1120. The first-order valence-electron chi connectivity index (χ1n) is 9.48. The standard InChI is InChI=1S/C21H17ClN4O5/c22-12-2-4-13(5-3-12)24-21(31)23-10-11-1-6-14-15(9-11)20(30)26(19(14)29)16-7-8-17(27)25-18(16)28/h1-6,9,16H,7-8,10H2,(H2,23,24,31)(H,25,27,28). The number of hydrogen-bond acceptors (Lipinski definition) is 5. The quantitative estimate of drug-likeness (QED) is 0.627. The molecule has 2 aromatic carbocycles. The number of imide groups is 2. The fourth-order valence-electron chi connectivity index (χ4n) is 3.52. The number of rotatable bonds is 4. The van der Waals surface area contributed by atoms with Crippen molar-refractivity contribution in [3.05, 3.63) is 64.2 Å². The van der Waals surface area contributed by atoms with Gasteiger partial charge in [-0.1, -0.05) is 17.7 Å². The SMILES string of the molecule is O=C1CCC(N2C(=O)c3ccc(CNC(=O)Nc4ccc(Cl)cc4)cc3C2=O)C(=O)N1. The van der Waals surface area contributed by atoms with E-state index in [9.17, 15) is 24.0 Å². The summed E-state index contributed by atoms with van der Waals surface area (Å²) in [5.41, 5.74) is 1.52. The molecule has 10 heteroatoms. The van der Waals surface area contributed by atoms with Crippen molar-refractivity contribution < 1.29 is 24.0 Å². The number of nitrogens with zero attached hydrogens (tertiary/aromatic N) is 1. The summed E-state index contributed by atoms with van der Waals surface area (Å²) in [6.45, 7) is 0.118. The number of benzene rings is 2. The second-order valence-electron chi connectivity index (χ2n) is 7.14. The molecule has 2 aliphatic rings. The highest BCUT2D eigenvalue weighted by molar-refractivity contribution is 6.30. The highest BCUT2D eigenvalue weighted by atomic mass is 35.5. The fourth-order valence-corrected chi connectivity index (χ4v) is 3.64. The maximum atomic E-state index is 12.8. The van der Waals surface area contributed by atoms with Crippen molar-refractivity contribution in [2.75, 3.05) is 5.32 Å². The first kappa shape index (κ1) is 20.5. The van der Waals surface area contributed by atoms with Gasteiger partial charge in [0.15, 0.2) is 0 Å². The number of piperidine rings is 1. The summed E-state index contributed by atoms with van der Waals surface area (Å²) in [6, 6.07) is 9.78. The molecule has 0 aromatic heterocycles. The zero-order valence-electron chi connectivity index (χ0n) is 16.1. The van der Waals surface area contributed by atoms with E-state index in [1.54, 1.807) is 30.3 Å². The molecule has 2 aliphatic heterocycles. The first-order valence-corrected chi connectivity index (χ1v) is 9.86. The van der Waals surface area contributed by atoms with Crippen molar-refractivity contribution in [1.82, 2.24) is 15.5 Å². The largest absolute Gasteiger partial charge is 0.334 e. The monoisotopic (exact) mass is 440 g/mol. The summed E-state index contributed by atoms with van der Waals surface area (Å²) in [4.78, 5) is 62.0. The molecule has 0 radical (unpaired) electrons. The van der Waals surface area contributed by atoms with Crippen LogP contribution in [0.1, 0.15) is 39.1 Å². The van der Waals surface area contributed by atoms with Gasteiger partial charge in [0, 0.05) is 23.7 Å². The second kappa shape index (κ2) is 8.19. The van der Waals surface area contributed by atoms with E-state index < -0.39 is 35.7 Å². The van der Waals surface area contributed by atoms with Gasteiger partial charge in [-0.3, -0.25) is 29.4 Å². The summed E-state index contributed by atoms with van der Waals surface area (Å²) in [7, 11) is 0. The summed E-state index contributed by atoms with van der Waals surface area (Å²) in [5, 5.41) is 8.03. The predicted octanol–water partition coefficient (Wildman–Crippen LogP) is 2.06. The highest BCUT2D eigenvalue weighted by Crippen LogP contribution is 2.28. The molecule has 6 amide bonds. The summed E-state index contributed by atoms with van der Waals surface area (Å²) >= 11 is 5.81. The summed E-state index contributed by atoms with van der Waals surface area (Å²) in [5.74, 6) is -2.26. The van der Waals surface area contributed by atoms with Crippen molar-refractivity contribution in [2.45, 2.75) is 25.4 Å². The van der Waals surface area contributed by atoms with Crippen LogP contribution < -0.4 is 16.0 Å². The normalized spacial score (nSPS) is 18.0. The van der Waals surface area contributed by atoms with E-state index in [0.717, 1.165) is 4.90 Å². The summed E-state index contributed by atoms with van der Waals surface area (Å²) < 4.78 is 0. The molecular weight excluding hydrogens is 424 g/mol. The van der Waals surface area contributed by atoms with Crippen LogP contribution >= 0.6 is 11.6 Å². The number of urea groups is 1. The molecule has 158 valence electrons. The molecule has 0 aliphatic carbocycles. The lowest BCUT2D eigenvalue weighted by molar-refractivity contribution is -0.136. The highest BCUT2D eigenvalue weighted by Gasteiger charge is 2.44.